The lowest BCUT2D eigenvalue weighted by Gasteiger charge is -2.19. The van der Waals surface area contributed by atoms with Gasteiger partial charge in [0, 0.05) is 27.2 Å². The molecule has 1 N–H and O–H groups in total. The van der Waals surface area contributed by atoms with E-state index in [0.29, 0.717) is 13.1 Å². The summed E-state index contributed by atoms with van der Waals surface area (Å²) in [4.78, 5) is 11.3. The Morgan fingerprint density at radius 2 is 1.38 bits per heavy atom. The second-order valence-corrected chi connectivity index (χ2v) is 8.98. The van der Waals surface area contributed by atoms with Crippen LogP contribution < -0.4 is 5.32 Å². The fourth-order valence-electron chi connectivity index (χ4n) is 2.04. The van der Waals surface area contributed by atoms with Crippen molar-refractivity contribution in [3.63, 3.8) is 0 Å². The maximum atomic E-state index is 12.4. The maximum absolute atomic E-state index is 12.4. The summed E-state index contributed by atoms with van der Waals surface area (Å²) in [5.74, 6) is -0.443. The van der Waals surface area contributed by atoms with Crippen LogP contribution in [0, 0.1) is 0 Å². The summed E-state index contributed by atoms with van der Waals surface area (Å²) in [5, 5.41) is 2.34. The first kappa shape index (κ1) is 20.6. The van der Waals surface area contributed by atoms with Gasteiger partial charge in [0.05, 0.1) is 16.3 Å². The minimum atomic E-state index is -3.87. The van der Waals surface area contributed by atoms with Gasteiger partial charge in [0.15, 0.2) is 0 Å². The van der Waals surface area contributed by atoms with Crippen molar-refractivity contribution < 1.29 is 21.6 Å². The molecule has 1 aromatic rings. The van der Waals surface area contributed by atoms with Gasteiger partial charge in [-0.2, -0.15) is 8.61 Å². The van der Waals surface area contributed by atoms with Gasteiger partial charge >= 0.3 is 0 Å². The largest absolute Gasteiger partial charge is 0.358 e. The first-order valence-electron chi connectivity index (χ1n) is 7.38. The number of nitrogens with one attached hydrogen (secondary N) is 1. The molecule has 0 fully saturated rings. The molecule has 0 aliphatic rings. The average molecular weight is 377 g/mol. The third-order valence-electron chi connectivity index (χ3n) is 3.52. The molecule has 0 saturated heterocycles. The molecule has 0 atom stereocenters. The highest BCUT2D eigenvalue weighted by molar-refractivity contribution is 7.89. The summed E-state index contributed by atoms with van der Waals surface area (Å²) in [6, 6.07) is 4.97. The minimum Gasteiger partial charge on any atom is -0.358 e. The zero-order valence-electron chi connectivity index (χ0n) is 14.2. The zero-order chi connectivity index (χ0) is 18.5. The highest BCUT2D eigenvalue weighted by atomic mass is 32.2. The van der Waals surface area contributed by atoms with Gasteiger partial charge in [-0.05, 0) is 24.3 Å². The molecule has 0 bridgehead atoms. The number of benzene rings is 1. The Hall–Kier alpha value is -1.49. The van der Waals surface area contributed by atoms with E-state index >= 15 is 0 Å². The Morgan fingerprint density at radius 3 is 1.75 bits per heavy atom. The van der Waals surface area contributed by atoms with Gasteiger partial charge in [-0.3, -0.25) is 4.79 Å². The number of amides is 1. The van der Waals surface area contributed by atoms with E-state index in [1.165, 1.54) is 42.7 Å². The fourth-order valence-corrected chi connectivity index (χ4v) is 4.63. The SMILES string of the molecule is CCN(CC)S(=O)(=O)c1ccc(S(=O)(=O)N(C)CC(=O)NC)cc1. The van der Waals surface area contributed by atoms with Gasteiger partial charge < -0.3 is 5.32 Å². The maximum Gasteiger partial charge on any atom is 0.243 e. The van der Waals surface area contributed by atoms with Crippen molar-refractivity contribution in [2.24, 2.45) is 0 Å². The summed E-state index contributed by atoms with van der Waals surface area (Å²) in [6.45, 7) is 3.79. The van der Waals surface area contributed by atoms with Gasteiger partial charge in [-0.15, -0.1) is 0 Å². The van der Waals surface area contributed by atoms with E-state index in [-0.39, 0.29) is 16.3 Å². The molecule has 0 aromatic heterocycles. The normalized spacial score (nSPS) is 12.6. The number of carbonyl (C=O) groups excluding carboxylic acids is 1. The number of carbonyl (C=O) groups is 1. The molecule has 10 heteroatoms. The Kier molecular flexibility index (Phi) is 6.90. The van der Waals surface area contributed by atoms with E-state index in [4.69, 9.17) is 0 Å². The number of hydrogen-bond acceptors (Lipinski definition) is 5. The van der Waals surface area contributed by atoms with Crippen molar-refractivity contribution in [3.8, 4) is 0 Å². The topological polar surface area (TPSA) is 104 Å². The van der Waals surface area contributed by atoms with Gasteiger partial charge in [0.25, 0.3) is 0 Å². The molecule has 0 aliphatic carbocycles. The summed E-state index contributed by atoms with van der Waals surface area (Å²) < 4.78 is 51.7. The van der Waals surface area contributed by atoms with Crippen LogP contribution in [0.3, 0.4) is 0 Å². The first-order valence-corrected chi connectivity index (χ1v) is 10.3. The van der Waals surface area contributed by atoms with Crippen LogP contribution in [0.25, 0.3) is 0 Å². The predicted octanol–water partition coefficient (Wildman–Crippen LogP) is 0.0836. The second-order valence-electron chi connectivity index (χ2n) is 4.99. The van der Waals surface area contributed by atoms with Crippen LogP contribution in [0.15, 0.2) is 34.1 Å². The molecule has 0 spiro atoms. The van der Waals surface area contributed by atoms with Gasteiger partial charge in [0.1, 0.15) is 0 Å². The molecule has 1 aromatic carbocycles. The van der Waals surface area contributed by atoms with Crippen LogP contribution in [0.5, 0.6) is 0 Å². The van der Waals surface area contributed by atoms with Crippen LogP contribution in [0.2, 0.25) is 0 Å². The molecular weight excluding hydrogens is 354 g/mol. The van der Waals surface area contributed by atoms with Crippen molar-refractivity contribution in [1.29, 1.82) is 0 Å². The van der Waals surface area contributed by atoms with Crippen LogP contribution in [-0.4, -0.2) is 65.1 Å². The molecule has 0 radical (unpaired) electrons. The van der Waals surface area contributed by atoms with E-state index in [0.717, 1.165) is 4.31 Å². The molecule has 0 aliphatic heterocycles. The van der Waals surface area contributed by atoms with Crippen molar-refractivity contribution in [3.05, 3.63) is 24.3 Å². The fraction of sp³-hybridized carbons (Fsp3) is 0.500. The van der Waals surface area contributed by atoms with Crippen molar-refractivity contribution in [2.75, 3.05) is 33.7 Å². The monoisotopic (exact) mass is 377 g/mol. The van der Waals surface area contributed by atoms with Crippen LogP contribution >= 0.6 is 0 Å². The number of sulfonamides is 2. The molecule has 0 unspecified atom stereocenters. The highest BCUT2D eigenvalue weighted by Gasteiger charge is 2.25. The summed E-state index contributed by atoms with van der Waals surface area (Å²) in [5.41, 5.74) is 0. The Morgan fingerprint density at radius 1 is 0.958 bits per heavy atom. The predicted molar refractivity (Wildman–Crippen MR) is 90.4 cm³/mol. The molecule has 136 valence electrons. The molecule has 0 heterocycles. The van der Waals surface area contributed by atoms with E-state index < -0.39 is 26.0 Å². The molecular formula is C14H23N3O5S2. The van der Waals surface area contributed by atoms with Crippen LogP contribution in [-0.2, 0) is 24.8 Å². The van der Waals surface area contributed by atoms with Crippen LogP contribution in [0.1, 0.15) is 13.8 Å². The van der Waals surface area contributed by atoms with Gasteiger partial charge in [-0.1, -0.05) is 13.8 Å². The lowest BCUT2D eigenvalue weighted by Crippen LogP contribution is -2.36. The quantitative estimate of drug-likeness (QED) is 0.691. The summed E-state index contributed by atoms with van der Waals surface area (Å²) >= 11 is 0. The lowest BCUT2D eigenvalue weighted by atomic mass is 10.4. The van der Waals surface area contributed by atoms with Crippen molar-refractivity contribution >= 4 is 26.0 Å². The number of nitrogens with zero attached hydrogens (tertiary/aromatic N) is 2. The number of hydrogen-bond donors (Lipinski definition) is 1. The average Bonchev–Trinajstić information content (AvgIpc) is 2.55. The van der Waals surface area contributed by atoms with Gasteiger partial charge in [-0.25, -0.2) is 16.8 Å². The lowest BCUT2D eigenvalue weighted by molar-refractivity contribution is -0.120. The minimum absolute atomic E-state index is 0.0269. The third kappa shape index (κ3) is 4.32. The zero-order valence-corrected chi connectivity index (χ0v) is 15.8. The van der Waals surface area contributed by atoms with E-state index in [1.54, 1.807) is 13.8 Å². The highest BCUT2D eigenvalue weighted by Crippen LogP contribution is 2.20. The van der Waals surface area contributed by atoms with Crippen molar-refractivity contribution in [2.45, 2.75) is 23.6 Å². The molecule has 24 heavy (non-hydrogen) atoms. The first-order chi connectivity index (χ1) is 11.1. The standard InChI is InChI=1S/C14H23N3O5S2/c1-5-17(6-2)24(21,22)13-9-7-12(8-10-13)23(19,20)16(4)11-14(18)15-3/h7-10H,5-6,11H2,1-4H3,(H,15,18). The number of likely N-dealkylation sites (N-methyl/N-ethyl adjacent to an activating group) is 2. The van der Waals surface area contributed by atoms with E-state index in [9.17, 15) is 21.6 Å². The third-order valence-corrected chi connectivity index (χ3v) is 7.40. The van der Waals surface area contributed by atoms with E-state index in [1.807, 2.05) is 0 Å². The van der Waals surface area contributed by atoms with Gasteiger partial charge in [0.2, 0.25) is 26.0 Å². The number of rotatable bonds is 8. The van der Waals surface area contributed by atoms with E-state index in [2.05, 4.69) is 5.32 Å². The Labute approximate surface area is 143 Å². The Bertz CT molecular complexity index is 769. The summed E-state index contributed by atoms with van der Waals surface area (Å²) in [6.07, 6.45) is 0. The second kappa shape index (κ2) is 8.06. The summed E-state index contributed by atoms with van der Waals surface area (Å²) in [7, 11) is -4.82. The molecule has 1 rings (SSSR count). The smallest absolute Gasteiger partial charge is 0.243 e. The van der Waals surface area contributed by atoms with Crippen LogP contribution in [0.4, 0.5) is 0 Å². The van der Waals surface area contributed by atoms with Crippen molar-refractivity contribution in [1.82, 2.24) is 13.9 Å². The Balaban J connectivity index is 3.13. The molecule has 8 nitrogen and oxygen atoms in total. The molecule has 0 saturated carbocycles. The molecule has 1 amide bonds.